The zero-order valence-corrected chi connectivity index (χ0v) is 20.0. The lowest BCUT2D eigenvalue weighted by Crippen LogP contribution is -2.42. The van der Waals surface area contributed by atoms with Gasteiger partial charge in [0.25, 0.3) is 0 Å². The van der Waals surface area contributed by atoms with Crippen LogP contribution in [0.4, 0.5) is 5.69 Å². The predicted octanol–water partition coefficient (Wildman–Crippen LogP) is 4.73. The number of anilines is 1. The summed E-state index contributed by atoms with van der Waals surface area (Å²) < 4.78 is 3.82. The second-order valence-electron chi connectivity index (χ2n) is 8.73. The fourth-order valence-electron chi connectivity index (χ4n) is 3.05. The van der Waals surface area contributed by atoms with Crippen molar-refractivity contribution in [2.45, 2.75) is 32.2 Å². The molecule has 0 spiro atoms. The molecular weight excluding hydrogens is 404 g/mol. The lowest BCUT2D eigenvalue weighted by Gasteiger charge is -2.15. The van der Waals surface area contributed by atoms with Crippen LogP contribution in [-0.4, -0.2) is 37.0 Å². The van der Waals surface area contributed by atoms with Gasteiger partial charge in [0.2, 0.25) is 0 Å². The predicted molar refractivity (Wildman–Crippen MR) is 130 cm³/mol. The van der Waals surface area contributed by atoms with Crippen molar-refractivity contribution in [3.05, 3.63) is 66.5 Å². The van der Waals surface area contributed by atoms with Gasteiger partial charge in [-0.3, -0.25) is 4.79 Å². The van der Waals surface area contributed by atoms with Crippen LogP contribution in [0.25, 0.3) is 11.4 Å². The first-order chi connectivity index (χ1) is 14.7. The molecule has 0 fully saturated rings. The van der Waals surface area contributed by atoms with Crippen LogP contribution in [0.1, 0.15) is 26.3 Å². The molecule has 0 bridgehead atoms. The van der Waals surface area contributed by atoms with E-state index in [1.807, 2.05) is 74.9 Å². The number of thioether (sulfide) groups is 1. The SMILES string of the molecule is CSc1ccc(-c2n(/N=C/c3ccc(N(C)C)cc3)cc[n+]2CC(=O)C(C)(C)C)cc1. The number of benzene rings is 2. The molecule has 1 aromatic heterocycles. The van der Waals surface area contributed by atoms with Crippen LogP contribution in [0.3, 0.4) is 0 Å². The number of imidazole rings is 1. The molecule has 0 aliphatic carbocycles. The number of nitrogens with zero attached hydrogens (tertiary/aromatic N) is 4. The summed E-state index contributed by atoms with van der Waals surface area (Å²) in [5.74, 6) is 1.06. The minimum Gasteiger partial charge on any atom is -0.378 e. The number of aromatic nitrogens is 2. The third-order valence-corrected chi connectivity index (χ3v) is 5.86. The fraction of sp³-hybridized carbons (Fsp3) is 0.320. The van der Waals surface area contributed by atoms with E-state index < -0.39 is 5.41 Å². The highest BCUT2D eigenvalue weighted by atomic mass is 32.2. The number of hydrogen-bond acceptors (Lipinski definition) is 4. The van der Waals surface area contributed by atoms with E-state index in [0.29, 0.717) is 6.54 Å². The van der Waals surface area contributed by atoms with Crippen LogP contribution < -0.4 is 9.47 Å². The van der Waals surface area contributed by atoms with Gasteiger partial charge in [0.1, 0.15) is 12.7 Å². The third kappa shape index (κ3) is 5.64. The average Bonchev–Trinajstić information content (AvgIpc) is 3.14. The smallest absolute Gasteiger partial charge is 0.314 e. The van der Waals surface area contributed by atoms with Gasteiger partial charge in [0.05, 0.1) is 11.8 Å². The van der Waals surface area contributed by atoms with Gasteiger partial charge in [0, 0.05) is 30.1 Å². The van der Waals surface area contributed by atoms with E-state index in [0.717, 1.165) is 22.6 Å². The number of hydrogen-bond donors (Lipinski definition) is 0. The molecule has 0 atom stereocenters. The van der Waals surface area contributed by atoms with Gasteiger partial charge < -0.3 is 4.90 Å². The van der Waals surface area contributed by atoms with E-state index in [1.165, 1.54) is 4.90 Å². The number of carbonyl (C=O) groups excluding carboxylic acids is 1. The Morgan fingerprint density at radius 3 is 2.29 bits per heavy atom. The first-order valence-electron chi connectivity index (χ1n) is 10.3. The number of ketones is 1. The Balaban J connectivity index is 1.97. The number of Topliss-reactive ketones (excluding diaryl/α,β-unsaturated/α-hetero) is 1. The lowest BCUT2D eigenvalue weighted by molar-refractivity contribution is -0.673. The van der Waals surface area contributed by atoms with Crippen molar-refractivity contribution in [2.75, 3.05) is 25.3 Å². The second kappa shape index (κ2) is 9.52. The summed E-state index contributed by atoms with van der Waals surface area (Å²) in [7, 11) is 4.05. The Labute approximate surface area is 189 Å². The molecule has 0 unspecified atom stereocenters. The topological polar surface area (TPSA) is 41.5 Å². The molecule has 6 heteroatoms. The summed E-state index contributed by atoms with van der Waals surface area (Å²) in [5.41, 5.74) is 2.78. The molecule has 0 aliphatic heterocycles. The van der Waals surface area contributed by atoms with Crippen LogP contribution in [0.2, 0.25) is 0 Å². The minimum absolute atomic E-state index is 0.181. The molecular formula is C25H31N4OS+. The van der Waals surface area contributed by atoms with E-state index in [9.17, 15) is 4.79 Å². The first kappa shape index (κ1) is 22.8. The van der Waals surface area contributed by atoms with Crippen LogP contribution in [-0.2, 0) is 11.3 Å². The molecule has 1 heterocycles. The Morgan fingerprint density at radius 2 is 1.74 bits per heavy atom. The van der Waals surface area contributed by atoms with Crippen LogP contribution in [0, 0.1) is 5.41 Å². The third-order valence-electron chi connectivity index (χ3n) is 5.12. The van der Waals surface area contributed by atoms with Gasteiger partial charge in [-0.1, -0.05) is 38.0 Å². The van der Waals surface area contributed by atoms with Crippen molar-refractivity contribution in [3.8, 4) is 11.4 Å². The molecule has 2 aromatic carbocycles. The lowest BCUT2D eigenvalue weighted by atomic mass is 9.91. The van der Waals surface area contributed by atoms with Gasteiger partial charge in [-0.15, -0.1) is 16.4 Å². The van der Waals surface area contributed by atoms with Crippen molar-refractivity contribution < 1.29 is 9.36 Å². The largest absolute Gasteiger partial charge is 0.378 e. The van der Waals surface area contributed by atoms with Gasteiger partial charge in [-0.05, 0) is 48.2 Å². The van der Waals surface area contributed by atoms with E-state index >= 15 is 0 Å². The molecule has 0 saturated heterocycles. The maximum absolute atomic E-state index is 12.7. The highest BCUT2D eigenvalue weighted by molar-refractivity contribution is 7.98. The summed E-state index contributed by atoms with van der Waals surface area (Å²) >= 11 is 1.71. The Kier molecular flexibility index (Phi) is 7.01. The highest BCUT2D eigenvalue weighted by Crippen LogP contribution is 2.22. The molecule has 5 nitrogen and oxygen atoms in total. The van der Waals surface area contributed by atoms with Crippen molar-refractivity contribution in [1.82, 2.24) is 4.68 Å². The zero-order valence-electron chi connectivity index (χ0n) is 19.2. The van der Waals surface area contributed by atoms with E-state index in [4.69, 9.17) is 5.10 Å². The number of rotatable bonds is 7. The Morgan fingerprint density at radius 1 is 1.10 bits per heavy atom. The van der Waals surface area contributed by atoms with E-state index in [1.54, 1.807) is 11.8 Å². The maximum Gasteiger partial charge on any atom is 0.314 e. The molecule has 0 aliphatic rings. The maximum atomic E-state index is 12.7. The first-order valence-corrected chi connectivity index (χ1v) is 11.5. The van der Waals surface area contributed by atoms with Crippen LogP contribution in [0.15, 0.2) is 70.9 Å². The summed E-state index contributed by atoms with van der Waals surface area (Å²) in [5, 5.41) is 4.70. The van der Waals surface area contributed by atoms with Gasteiger partial charge >= 0.3 is 5.82 Å². The molecule has 0 amide bonds. The van der Waals surface area contributed by atoms with Gasteiger partial charge in [0.15, 0.2) is 12.0 Å². The quantitative estimate of drug-likeness (QED) is 0.306. The fourth-order valence-corrected chi connectivity index (χ4v) is 3.46. The van der Waals surface area contributed by atoms with Gasteiger partial charge in [-0.25, -0.2) is 4.57 Å². The van der Waals surface area contributed by atoms with Crippen molar-refractivity contribution >= 4 is 29.4 Å². The van der Waals surface area contributed by atoms with Crippen molar-refractivity contribution in [2.24, 2.45) is 10.5 Å². The second-order valence-corrected chi connectivity index (χ2v) is 9.61. The number of carbonyl (C=O) groups is 1. The summed E-state index contributed by atoms with van der Waals surface area (Å²) in [6.07, 6.45) is 7.73. The monoisotopic (exact) mass is 435 g/mol. The highest BCUT2D eigenvalue weighted by Gasteiger charge is 2.27. The molecule has 0 radical (unpaired) electrons. The van der Waals surface area contributed by atoms with Gasteiger partial charge in [-0.2, -0.15) is 0 Å². The van der Waals surface area contributed by atoms with Crippen LogP contribution >= 0.6 is 11.8 Å². The Bertz CT molecular complexity index is 1060. The van der Waals surface area contributed by atoms with Crippen molar-refractivity contribution in [1.29, 1.82) is 0 Å². The van der Waals surface area contributed by atoms with E-state index in [-0.39, 0.29) is 5.78 Å². The zero-order chi connectivity index (χ0) is 22.6. The molecule has 162 valence electrons. The summed E-state index contributed by atoms with van der Waals surface area (Å²) in [6.45, 7) is 6.17. The normalized spacial score (nSPS) is 11.8. The Hall–Kier alpha value is -2.86. The summed E-state index contributed by atoms with van der Waals surface area (Å²) in [4.78, 5) is 16.0. The average molecular weight is 436 g/mol. The molecule has 3 aromatic rings. The van der Waals surface area contributed by atoms with E-state index in [2.05, 4.69) is 47.6 Å². The summed E-state index contributed by atoms with van der Waals surface area (Å²) in [6, 6.07) is 16.6. The minimum atomic E-state index is -0.396. The molecule has 0 saturated carbocycles. The van der Waals surface area contributed by atoms with Crippen LogP contribution in [0.5, 0.6) is 0 Å². The molecule has 0 N–H and O–H groups in total. The standard InChI is InChI=1S/C25H31N4OS/c1-25(2,3)23(30)18-28-15-16-29(24(28)20-9-13-22(31-6)14-10-20)26-17-19-7-11-21(12-8-19)27(4)5/h7-17H,18H2,1-6H3/q+1/b26-17+. The van der Waals surface area contributed by atoms with Crippen molar-refractivity contribution in [3.63, 3.8) is 0 Å². The molecule has 3 rings (SSSR count). The molecule has 31 heavy (non-hydrogen) atoms.